The van der Waals surface area contributed by atoms with Crippen molar-refractivity contribution in [1.82, 2.24) is 0 Å². The van der Waals surface area contributed by atoms with Gasteiger partial charge in [0, 0.05) is 0 Å². The van der Waals surface area contributed by atoms with E-state index in [9.17, 15) is 14.7 Å². The highest BCUT2D eigenvalue weighted by atomic mass is 16.5. The monoisotopic (exact) mass is 315 g/mol. The van der Waals surface area contributed by atoms with E-state index in [0.29, 0.717) is 5.75 Å². The Bertz CT molecular complexity index is 685. The smallest absolute Gasteiger partial charge is 0.337 e. The average molecular weight is 315 g/mol. The number of amides is 1. The molecule has 0 aliphatic rings. The maximum Gasteiger partial charge on any atom is 0.337 e. The zero-order valence-corrected chi connectivity index (χ0v) is 12.6. The Kier molecular flexibility index (Phi) is 5.57. The number of esters is 1. The zero-order valence-electron chi connectivity index (χ0n) is 12.6. The number of phenols is 1. The summed E-state index contributed by atoms with van der Waals surface area (Å²) in [4.78, 5) is 23.2. The number of hydrogen-bond acceptors (Lipinski definition) is 5. The fraction of sp³-hybridized carbons (Fsp3) is 0.176. The molecule has 2 aromatic carbocycles. The number of phenolic OH excluding ortho intramolecular Hbond substituents is 1. The van der Waals surface area contributed by atoms with Gasteiger partial charge in [-0.1, -0.05) is 18.2 Å². The highest BCUT2D eigenvalue weighted by Crippen LogP contribution is 2.24. The molecule has 6 nitrogen and oxygen atoms in total. The van der Waals surface area contributed by atoms with Crippen LogP contribution in [0.3, 0.4) is 0 Å². The van der Waals surface area contributed by atoms with Crippen LogP contribution >= 0.6 is 0 Å². The summed E-state index contributed by atoms with van der Waals surface area (Å²) in [6.45, 7) is 0.219. The van der Waals surface area contributed by atoms with Crippen LogP contribution in [0.4, 0.5) is 5.69 Å². The van der Waals surface area contributed by atoms with E-state index in [1.54, 1.807) is 12.1 Å². The highest BCUT2D eigenvalue weighted by Gasteiger charge is 2.11. The fourth-order valence-electron chi connectivity index (χ4n) is 1.87. The van der Waals surface area contributed by atoms with Gasteiger partial charge in [0.1, 0.15) is 11.5 Å². The van der Waals surface area contributed by atoms with E-state index in [1.807, 2.05) is 18.2 Å². The lowest BCUT2D eigenvalue weighted by Gasteiger charge is -2.09. The van der Waals surface area contributed by atoms with Crippen LogP contribution in [0.15, 0.2) is 48.5 Å². The van der Waals surface area contributed by atoms with Gasteiger partial charge in [-0.2, -0.15) is 0 Å². The number of nitrogens with one attached hydrogen (secondary N) is 1. The maximum atomic E-state index is 11.8. The molecule has 23 heavy (non-hydrogen) atoms. The zero-order chi connectivity index (χ0) is 16.7. The van der Waals surface area contributed by atoms with Crippen molar-refractivity contribution in [2.45, 2.75) is 6.42 Å². The van der Waals surface area contributed by atoms with Crippen LogP contribution < -0.4 is 10.1 Å². The lowest BCUT2D eigenvalue weighted by atomic mass is 10.2. The molecule has 120 valence electrons. The second-order valence-electron chi connectivity index (χ2n) is 4.68. The van der Waals surface area contributed by atoms with Crippen molar-refractivity contribution >= 4 is 17.6 Å². The topological polar surface area (TPSA) is 84.9 Å². The first-order valence-electron chi connectivity index (χ1n) is 6.99. The molecular weight excluding hydrogens is 298 g/mol. The summed E-state index contributed by atoms with van der Waals surface area (Å²) in [6.07, 6.45) is 0.132. The number of ether oxygens (including phenoxy) is 2. The summed E-state index contributed by atoms with van der Waals surface area (Å²) in [5.41, 5.74) is 0.428. The third-order valence-corrected chi connectivity index (χ3v) is 3.03. The Morgan fingerprint density at radius 3 is 2.52 bits per heavy atom. The van der Waals surface area contributed by atoms with Gasteiger partial charge in [0.15, 0.2) is 0 Å². The van der Waals surface area contributed by atoms with Gasteiger partial charge in [-0.25, -0.2) is 4.79 Å². The van der Waals surface area contributed by atoms with Crippen molar-refractivity contribution in [3.63, 3.8) is 0 Å². The Labute approximate surface area is 133 Å². The summed E-state index contributed by atoms with van der Waals surface area (Å²) in [5.74, 6) is -0.382. The first-order valence-corrected chi connectivity index (χ1v) is 6.99. The second-order valence-corrected chi connectivity index (χ2v) is 4.68. The van der Waals surface area contributed by atoms with Gasteiger partial charge in [0.05, 0.1) is 31.4 Å². The van der Waals surface area contributed by atoms with E-state index < -0.39 is 5.97 Å². The fourth-order valence-corrected chi connectivity index (χ4v) is 1.87. The maximum absolute atomic E-state index is 11.8. The van der Waals surface area contributed by atoms with E-state index in [2.05, 4.69) is 10.1 Å². The van der Waals surface area contributed by atoms with E-state index in [0.717, 1.165) is 0 Å². The SMILES string of the molecule is COC(=O)c1ccc(NC(=O)CCOc2ccccc2)c(O)c1. The molecule has 6 heteroatoms. The lowest BCUT2D eigenvalue weighted by molar-refractivity contribution is -0.116. The molecule has 0 fully saturated rings. The number of hydrogen-bond donors (Lipinski definition) is 2. The van der Waals surface area contributed by atoms with Gasteiger partial charge in [-0.05, 0) is 30.3 Å². The molecule has 0 unspecified atom stereocenters. The molecule has 0 saturated heterocycles. The summed E-state index contributed by atoms with van der Waals surface area (Å²) in [6, 6.07) is 13.3. The van der Waals surface area contributed by atoms with Crippen molar-refractivity contribution in [3.05, 3.63) is 54.1 Å². The van der Waals surface area contributed by atoms with Crippen molar-refractivity contribution in [2.75, 3.05) is 19.0 Å². The summed E-state index contributed by atoms with van der Waals surface area (Å²) in [7, 11) is 1.25. The molecule has 0 radical (unpaired) electrons. The summed E-state index contributed by atoms with van der Waals surface area (Å²) in [5, 5.41) is 12.4. The Morgan fingerprint density at radius 2 is 1.87 bits per heavy atom. The molecule has 0 aliphatic heterocycles. The van der Waals surface area contributed by atoms with Crippen LogP contribution in [0.2, 0.25) is 0 Å². The molecule has 0 aromatic heterocycles. The van der Waals surface area contributed by atoms with Crippen LogP contribution in [0, 0.1) is 0 Å². The van der Waals surface area contributed by atoms with Crippen LogP contribution in [0.1, 0.15) is 16.8 Å². The van der Waals surface area contributed by atoms with Crippen molar-refractivity contribution in [3.8, 4) is 11.5 Å². The molecule has 2 rings (SSSR count). The Balaban J connectivity index is 1.86. The molecule has 2 N–H and O–H groups in total. The summed E-state index contributed by atoms with van der Waals surface area (Å²) >= 11 is 0. The molecule has 0 heterocycles. The number of carbonyl (C=O) groups is 2. The largest absolute Gasteiger partial charge is 0.506 e. The molecule has 0 atom stereocenters. The molecule has 0 saturated carbocycles. The Hall–Kier alpha value is -3.02. The lowest BCUT2D eigenvalue weighted by Crippen LogP contribution is -2.15. The van der Waals surface area contributed by atoms with Gasteiger partial charge in [0.2, 0.25) is 5.91 Å². The quantitative estimate of drug-likeness (QED) is 0.632. The van der Waals surface area contributed by atoms with Gasteiger partial charge < -0.3 is 19.9 Å². The number of rotatable bonds is 6. The molecular formula is C17H17NO5. The van der Waals surface area contributed by atoms with E-state index in [4.69, 9.17) is 4.74 Å². The minimum Gasteiger partial charge on any atom is -0.506 e. The predicted octanol–water partition coefficient (Wildman–Crippen LogP) is 2.59. The standard InChI is InChI=1S/C17H17NO5/c1-22-17(21)12-7-8-14(15(19)11-12)18-16(20)9-10-23-13-5-3-2-4-6-13/h2-8,11,19H,9-10H2,1H3,(H,18,20). The van der Waals surface area contributed by atoms with Crippen molar-refractivity contribution in [2.24, 2.45) is 0 Å². The van der Waals surface area contributed by atoms with E-state index >= 15 is 0 Å². The van der Waals surface area contributed by atoms with Gasteiger partial charge in [0.25, 0.3) is 0 Å². The minimum atomic E-state index is -0.561. The van der Waals surface area contributed by atoms with Crippen molar-refractivity contribution < 1.29 is 24.2 Å². The minimum absolute atomic E-state index is 0.132. The number of methoxy groups -OCH3 is 1. The van der Waals surface area contributed by atoms with Crippen LogP contribution in [0.5, 0.6) is 11.5 Å². The normalized spacial score (nSPS) is 9.96. The molecule has 0 aliphatic carbocycles. The number of anilines is 1. The average Bonchev–Trinajstić information content (AvgIpc) is 2.57. The van der Waals surface area contributed by atoms with Crippen LogP contribution in [0.25, 0.3) is 0 Å². The first kappa shape index (κ1) is 16.4. The molecule has 2 aromatic rings. The Morgan fingerprint density at radius 1 is 1.13 bits per heavy atom. The summed E-state index contributed by atoms with van der Waals surface area (Å²) < 4.78 is 9.98. The number of para-hydroxylation sites is 1. The number of aromatic hydroxyl groups is 1. The molecule has 1 amide bonds. The predicted molar refractivity (Wildman–Crippen MR) is 84.6 cm³/mol. The third-order valence-electron chi connectivity index (χ3n) is 3.03. The number of benzene rings is 2. The highest BCUT2D eigenvalue weighted by molar-refractivity contribution is 5.95. The van der Waals surface area contributed by atoms with Crippen molar-refractivity contribution in [1.29, 1.82) is 0 Å². The van der Waals surface area contributed by atoms with Gasteiger partial charge in [-0.15, -0.1) is 0 Å². The number of carbonyl (C=O) groups excluding carboxylic acids is 2. The van der Waals surface area contributed by atoms with E-state index in [-0.39, 0.29) is 35.9 Å². The molecule has 0 bridgehead atoms. The third kappa shape index (κ3) is 4.74. The van der Waals surface area contributed by atoms with Crippen LogP contribution in [-0.2, 0) is 9.53 Å². The van der Waals surface area contributed by atoms with Gasteiger partial charge in [-0.3, -0.25) is 4.79 Å². The molecule has 0 spiro atoms. The second kappa shape index (κ2) is 7.84. The van der Waals surface area contributed by atoms with E-state index in [1.165, 1.54) is 25.3 Å². The first-order chi connectivity index (χ1) is 11.1. The van der Waals surface area contributed by atoms with Gasteiger partial charge >= 0.3 is 5.97 Å². The van der Waals surface area contributed by atoms with Crippen LogP contribution in [-0.4, -0.2) is 30.7 Å².